The molecule has 1 fully saturated rings. The number of rotatable bonds is 5. The topological polar surface area (TPSA) is 58.6 Å². The summed E-state index contributed by atoms with van der Waals surface area (Å²) >= 11 is 21.7. The Morgan fingerprint density at radius 3 is 2.44 bits per heavy atom. The molecule has 0 unspecified atom stereocenters. The van der Waals surface area contributed by atoms with Gasteiger partial charge >= 0.3 is 0 Å². The summed E-state index contributed by atoms with van der Waals surface area (Å²) in [4.78, 5) is 25.5. The van der Waals surface area contributed by atoms with Crippen LogP contribution >= 0.6 is 50.7 Å². The fourth-order valence-electron chi connectivity index (χ4n) is 3.10. The summed E-state index contributed by atoms with van der Waals surface area (Å²) in [5.74, 6) is -0.579. The predicted molar refractivity (Wildman–Crippen MR) is 130 cm³/mol. The maximum absolute atomic E-state index is 12.9. The molecule has 0 atom stereocenters. The number of halogens is 4. The van der Waals surface area contributed by atoms with Gasteiger partial charge in [0.15, 0.2) is 0 Å². The molecule has 162 valence electrons. The Labute approximate surface area is 207 Å². The van der Waals surface area contributed by atoms with E-state index in [-0.39, 0.29) is 12.2 Å². The quantitative estimate of drug-likeness (QED) is 0.292. The second-order valence-corrected chi connectivity index (χ2v) is 8.92. The summed E-state index contributed by atoms with van der Waals surface area (Å²) in [6, 6.07) is 17.3. The standard InChI is InChI=1S/C23H14BrCl3N2O3/c24-18-11-15(25)9-14(21(18)32-12-13-6-7-19(26)20(27)8-13)10-17-22(30)28-29(23(17)31)16-4-2-1-3-5-16/h1-11H,12H2,(H,28,30)/b17-10-. The highest BCUT2D eigenvalue weighted by Crippen LogP contribution is 2.36. The Kier molecular flexibility index (Phi) is 6.76. The van der Waals surface area contributed by atoms with E-state index in [9.17, 15) is 9.59 Å². The predicted octanol–water partition coefficient (Wildman–Crippen LogP) is 6.45. The highest BCUT2D eigenvalue weighted by Gasteiger charge is 2.34. The van der Waals surface area contributed by atoms with Crippen molar-refractivity contribution < 1.29 is 14.3 Å². The van der Waals surface area contributed by atoms with Gasteiger partial charge in [0.2, 0.25) is 0 Å². The number of anilines is 1. The number of hydrogen-bond acceptors (Lipinski definition) is 3. The number of ether oxygens (including phenoxy) is 1. The van der Waals surface area contributed by atoms with Crippen molar-refractivity contribution in [1.29, 1.82) is 0 Å². The van der Waals surface area contributed by atoms with Crippen molar-refractivity contribution >= 4 is 74.3 Å². The lowest BCUT2D eigenvalue weighted by Gasteiger charge is -2.14. The molecular formula is C23H14BrCl3N2O3. The first-order valence-corrected chi connectivity index (χ1v) is 11.2. The van der Waals surface area contributed by atoms with Crippen molar-refractivity contribution in [1.82, 2.24) is 5.43 Å². The molecule has 0 bridgehead atoms. The Hall–Kier alpha value is -2.51. The third-order valence-electron chi connectivity index (χ3n) is 4.61. The van der Waals surface area contributed by atoms with E-state index >= 15 is 0 Å². The van der Waals surface area contributed by atoms with Gasteiger partial charge in [0.05, 0.1) is 20.2 Å². The van der Waals surface area contributed by atoms with Gasteiger partial charge in [0.1, 0.15) is 17.9 Å². The summed E-state index contributed by atoms with van der Waals surface area (Å²) in [6.07, 6.45) is 1.46. The fourth-order valence-corrected chi connectivity index (χ4v) is 4.37. The Morgan fingerprint density at radius 1 is 0.969 bits per heavy atom. The van der Waals surface area contributed by atoms with Crippen LogP contribution in [0.15, 0.2) is 70.7 Å². The number of nitrogens with zero attached hydrogens (tertiary/aromatic N) is 1. The van der Waals surface area contributed by atoms with Crippen LogP contribution in [0.25, 0.3) is 6.08 Å². The first-order chi connectivity index (χ1) is 15.3. The zero-order chi connectivity index (χ0) is 22.8. The molecule has 1 aliphatic rings. The summed E-state index contributed by atoms with van der Waals surface area (Å²) in [6.45, 7) is 0.184. The van der Waals surface area contributed by atoms with E-state index in [0.717, 1.165) is 5.56 Å². The van der Waals surface area contributed by atoms with Crippen molar-refractivity contribution in [3.05, 3.63) is 96.9 Å². The first-order valence-electron chi connectivity index (χ1n) is 9.31. The number of hydrogen-bond donors (Lipinski definition) is 1. The molecule has 3 aromatic rings. The monoisotopic (exact) mass is 550 g/mol. The number of amides is 2. The smallest absolute Gasteiger partial charge is 0.282 e. The molecule has 0 spiro atoms. The van der Waals surface area contributed by atoms with Crippen molar-refractivity contribution in [3.8, 4) is 5.75 Å². The molecule has 4 rings (SSSR count). The summed E-state index contributed by atoms with van der Waals surface area (Å²) in [5.41, 5.74) is 4.35. The van der Waals surface area contributed by atoms with Gasteiger partial charge in [0.25, 0.3) is 11.8 Å². The van der Waals surface area contributed by atoms with Gasteiger partial charge in [0, 0.05) is 10.6 Å². The summed E-state index contributed by atoms with van der Waals surface area (Å²) < 4.78 is 6.56. The van der Waals surface area contributed by atoms with E-state index in [4.69, 9.17) is 39.5 Å². The van der Waals surface area contributed by atoms with E-state index in [1.807, 2.05) is 6.07 Å². The minimum absolute atomic E-state index is 0.0394. The normalized spacial score (nSPS) is 14.8. The van der Waals surface area contributed by atoms with Gasteiger partial charge in [-0.25, -0.2) is 5.01 Å². The van der Waals surface area contributed by atoms with Gasteiger partial charge in [-0.2, -0.15) is 0 Å². The minimum Gasteiger partial charge on any atom is -0.487 e. The van der Waals surface area contributed by atoms with Crippen molar-refractivity contribution in [3.63, 3.8) is 0 Å². The molecule has 2 amide bonds. The van der Waals surface area contributed by atoms with Gasteiger partial charge in [-0.3, -0.25) is 15.0 Å². The van der Waals surface area contributed by atoms with Crippen LogP contribution in [-0.2, 0) is 16.2 Å². The zero-order valence-corrected chi connectivity index (χ0v) is 20.1. The number of carbonyl (C=O) groups excluding carboxylic acids is 2. The van der Waals surface area contributed by atoms with Crippen molar-refractivity contribution in [2.24, 2.45) is 0 Å². The average molecular weight is 553 g/mol. The van der Waals surface area contributed by atoms with E-state index in [1.54, 1.807) is 54.6 Å². The first kappa shape index (κ1) is 22.7. The SMILES string of the molecule is O=C1NN(c2ccccc2)C(=O)/C1=C\c1cc(Cl)cc(Br)c1OCc1ccc(Cl)c(Cl)c1. The Bertz CT molecular complexity index is 1250. The summed E-state index contributed by atoms with van der Waals surface area (Å²) in [7, 11) is 0. The van der Waals surface area contributed by atoms with Crippen LogP contribution < -0.4 is 15.2 Å². The molecule has 1 N–H and O–H groups in total. The minimum atomic E-state index is -0.523. The maximum atomic E-state index is 12.9. The fraction of sp³-hybridized carbons (Fsp3) is 0.0435. The Balaban J connectivity index is 1.66. The van der Waals surface area contributed by atoms with E-state index in [0.29, 0.717) is 36.5 Å². The number of carbonyl (C=O) groups is 2. The highest BCUT2D eigenvalue weighted by molar-refractivity contribution is 9.10. The number of hydrazine groups is 1. The van der Waals surface area contributed by atoms with Crippen molar-refractivity contribution in [2.45, 2.75) is 6.61 Å². The van der Waals surface area contributed by atoms with Gasteiger partial charge < -0.3 is 4.74 Å². The van der Waals surface area contributed by atoms with Crippen LogP contribution in [0.4, 0.5) is 5.69 Å². The van der Waals surface area contributed by atoms with Gasteiger partial charge in [-0.05, 0) is 64.0 Å². The van der Waals surface area contributed by atoms with Gasteiger partial charge in [-0.15, -0.1) is 0 Å². The van der Waals surface area contributed by atoms with E-state index < -0.39 is 11.8 Å². The molecule has 5 nitrogen and oxygen atoms in total. The molecule has 32 heavy (non-hydrogen) atoms. The Morgan fingerprint density at radius 2 is 1.72 bits per heavy atom. The molecule has 0 saturated carbocycles. The van der Waals surface area contributed by atoms with Gasteiger partial charge in [-0.1, -0.05) is 59.1 Å². The van der Waals surface area contributed by atoms with Crippen LogP contribution in [0.3, 0.4) is 0 Å². The third kappa shape index (κ3) is 4.79. The summed E-state index contributed by atoms with van der Waals surface area (Å²) in [5, 5.41) is 2.47. The van der Waals surface area contributed by atoms with E-state index in [2.05, 4.69) is 21.4 Å². The molecule has 1 saturated heterocycles. The molecule has 1 heterocycles. The van der Waals surface area contributed by atoms with Crippen LogP contribution in [0.2, 0.25) is 15.1 Å². The third-order valence-corrected chi connectivity index (χ3v) is 6.16. The lowest BCUT2D eigenvalue weighted by molar-refractivity contribution is -0.117. The number of benzene rings is 3. The van der Waals surface area contributed by atoms with Crippen LogP contribution in [0, 0.1) is 0 Å². The maximum Gasteiger partial charge on any atom is 0.282 e. The largest absolute Gasteiger partial charge is 0.487 e. The molecule has 3 aromatic carbocycles. The number of nitrogens with one attached hydrogen (secondary N) is 1. The molecule has 1 aliphatic heterocycles. The molecular weight excluding hydrogens is 539 g/mol. The second kappa shape index (κ2) is 9.55. The average Bonchev–Trinajstić information content (AvgIpc) is 3.04. The van der Waals surface area contributed by atoms with E-state index in [1.165, 1.54) is 11.1 Å². The van der Waals surface area contributed by atoms with Crippen molar-refractivity contribution in [2.75, 3.05) is 5.01 Å². The molecule has 0 aromatic heterocycles. The lowest BCUT2D eigenvalue weighted by Crippen LogP contribution is -2.35. The van der Waals surface area contributed by atoms with Crippen LogP contribution in [0.1, 0.15) is 11.1 Å². The molecule has 9 heteroatoms. The zero-order valence-electron chi connectivity index (χ0n) is 16.2. The highest BCUT2D eigenvalue weighted by atomic mass is 79.9. The second-order valence-electron chi connectivity index (χ2n) is 6.82. The van der Waals surface area contributed by atoms with Crippen LogP contribution in [-0.4, -0.2) is 11.8 Å². The lowest BCUT2D eigenvalue weighted by atomic mass is 10.1. The van der Waals surface area contributed by atoms with Crippen LogP contribution in [0.5, 0.6) is 5.75 Å². The number of para-hydroxylation sites is 1. The molecule has 0 aliphatic carbocycles. The molecule has 0 radical (unpaired) electrons.